The van der Waals surface area contributed by atoms with Gasteiger partial charge in [-0.05, 0) is 31.2 Å². The zero-order valence-electron chi connectivity index (χ0n) is 9.71. The number of nitrogens with one attached hydrogen (secondary N) is 1. The van der Waals surface area contributed by atoms with Crippen LogP contribution in [0.5, 0.6) is 0 Å². The molecule has 0 unspecified atom stereocenters. The monoisotopic (exact) mass is 255 g/mol. The highest BCUT2D eigenvalue weighted by Crippen LogP contribution is 2.29. The third kappa shape index (κ3) is 4.45. The van der Waals surface area contributed by atoms with Crippen molar-refractivity contribution in [3.05, 3.63) is 54.1 Å². The van der Waals surface area contributed by atoms with E-state index in [4.69, 9.17) is 0 Å². The van der Waals surface area contributed by atoms with Crippen LogP contribution in [0.1, 0.15) is 12.5 Å². The second-order valence-electron chi connectivity index (χ2n) is 3.74. The molecule has 0 aliphatic rings. The van der Waals surface area contributed by atoms with E-state index in [0.717, 1.165) is 12.1 Å². The minimum atomic E-state index is -4.37. The molecule has 1 amide bonds. The van der Waals surface area contributed by atoms with Gasteiger partial charge in [-0.1, -0.05) is 18.2 Å². The first kappa shape index (κ1) is 14.0. The van der Waals surface area contributed by atoms with Gasteiger partial charge < -0.3 is 5.32 Å². The summed E-state index contributed by atoms with van der Waals surface area (Å²) in [6, 6.07) is 4.24. The molecule has 0 saturated heterocycles. The van der Waals surface area contributed by atoms with Crippen LogP contribution in [0.2, 0.25) is 0 Å². The molecule has 0 atom stereocenters. The van der Waals surface area contributed by atoms with E-state index in [0.29, 0.717) is 11.3 Å². The largest absolute Gasteiger partial charge is 0.416 e. The van der Waals surface area contributed by atoms with E-state index in [1.807, 2.05) is 0 Å². The fraction of sp³-hybridized carbons (Fsp3) is 0.154. The normalized spacial score (nSPS) is 11.6. The summed E-state index contributed by atoms with van der Waals surface area (Å²) >= 11 is 0. The molecule has 0 spiro atoms. The summed E-state index contributed by atoms with van der Waals surface area (Å²) in [6.45, 7) is 5.31. The number of allylic oxidation sites excluding steroid dienone is 2. The molecule has 5 heteroatoms. The van der Waals surface area contributed by atoms with Crippen molar-refractivity contribution in [3.8, 4) is 0 Å². The van der Waals surface area contributed by atoms with Crippen molar-refractivity contribution in [1.29, 1.82) is 0 Å². The van der Waals surface area contributed by atoms with Crippen molar-refractivity contribution >= 4 is 11.6 Å². The number of rotatable bonds is 3. The van der Waals surface area contributed by atoms with Gasteiger partial charge in [0.25, 0.3) is 0 Å². The SMILES string of the molecule is C=C(C)C=CC(=O)Nc1ccc(C(F)(F)F)cc1. The zero-order valence-corrected chi connectivity index (χ0v) is 9.71. The number of alkyl halides is 3. The minimum absolute atomic E-state index is 0.305. The zero-order chi connectivity index (χ0) is 13.8. The Kier molecular flexibility index (Phi) is 4.31. The number of carbonyl (C=O) groups excluding carboxylic acids is 1. The Hall–Kier alpha value is -2.04. The number of amides is 1. The molecular formula is C13H12F3NO. The maximum absolute atomic E-state index is 12.3. The first-order valence-corrected chi connectivity index (χ1v) is 5.11. The molecule has 18 heavy (non-hydrogen) atoms. The molecule has 96 valence electrons. The predicted molar refractivity (Wildman–Crippen MR) is 64.0 cm³/mol. The molecule has 0 radical (unpaired) electrons. The van der Waals surface area contributed by atoms with Crippen LogP contribution in [0.3, 0.4) is 0 Å². The fourth-order valence-corrected chi connectivity index (χ4v) is 1.14. The molecule has 1 N–H and O–H groups in total. The molecule has 0 aromatic heterocycles. The molecule has 2 nitrogen and oxygen atoms in total. The lowest BCUT2D eigenvalue weighted by atomic mass is 10.2. The van der Waals surface area contributed by atoms with Gasteiger partial charge in [0, 0.05) is 11.8 Å². The van der Waals surface area contributed by atoms with Crippen LogP contribution in [0.4, 0.5) is 18.9 Å². The highest BCUT2D eigenvalue weighted by Gasteiger charge is 2.29. The van der Waals surface area contributed by atoms with Crippen molar-refractivity contribution in [1.82, 2.24) is 0 Å². The Morgan fingerprint density at radius 1 is 1.22 bits per heavy atom. The lowest BCUT2D eigenvalue weighted by molar-refractivity contribution is -0.137. The van der Waals surface area contributed by atoms with E-state index in [1.54, 1.807) is 6.92 Å². The smallest absolute Gasteiger partial charge is 0.323 e. The number of hydrogen-bond donors (Lipinski definition) is 1. The number of benzene rings is 1. The summed E-state index contributed by atoms with van der Waals surface area (Å²) in [7, 11) is 0. The number of anilines is 1. The van der Waals surface area contributed by atoms with Crippen molar-refractivity contribution in [2.45, 2.75) is 13.1 Å². The summed E-state index contributed by atoms with van der Waals surface area (Å²) in [5, 5.41) is 2.44. The van der Waals surface area contributed by atoms with Crippen LogP contribution in [0, 0.1) is 0 Å². The standard InChI is InChI=1S/C13H12F3NO/c1-9(2)3-8-12(18)17-11-6-4-10(5-7-11)13(14,15)16/h3-8H,1H2,2H3,(H,17,18). The van der Waals surface area contributed by atoms with Crippen LogP contribution in [-0.4, -0.2) is 5.91 Å². The van der Waals surface area contributed by atoms with Gasteiger partial charge in [0.15, 0.2) is 0 Å². The molecule has 0 heterocycles. The summed E-state index contributed by atoms with van der Waals surface area (Å²) in [5.74, 6) is -0.419. The summed E-state index contributed by atoms with van der Waals surface area (Å²) in [6.07, 6.45) is -1.60. The average Bonchev–Trinajstić information content (AvgIpc) is 2.26. The van der Waals surface area contributed by atoms with Crippen LogP contribution < -0.4 is 5.32 Å². The third-order valence-corrected chi connectivity index (χ3v) is 2.00. The second kappa shape index (κ2) is 5.53. The quantitative estimate of drug-likeness (QED) is 0.646. The molecular weight excluding hydrogens is 243 g/mol. The van der Waals surface area contributed by atoms with Crippen molar-refractivity contribution in [2.24, 2.45) is 0 Å². The lowest BCUT2D eigenvalue weighted by Crippen LogP contribution is -2.09. The Labute approximate surface area is 103 Å². The fourth-order valence-electron chi connectivity index (χ4n) is 1.14. The van der Waals surface area contributed by atoms with E-state index in [-0.39, 0.29) is 0 Å². The van der Waals surface area contributed by atoms with Gasteiger partial charge in [-0.15, -0.1) is 0 Å². The molecule has 0 aliphatic carbocycles. The highest BCUT2D eigenvalue weighted by molar-refractivity contribution is 5.99. The van der Waals surface area contributed by atoms with Gasteiger partial charge in [-0.3, -0.25) is 4.79 Å². The van der Waals surface area contributed by atoms with Gasteiger partial charge in [-0.2, -0.15) is 13.2 Å². The van der Waals surface area contributed by atoms with E-state index in [9.17, 15) is 18.0 Å². The van der Waals surface area contributed by atoms with Gasteiger partial charge in [0.1, 0.15) is 0 Å². The van der Waals surface area contributed by atoms with E-state index in [2.05, 4.69) is 11.9 Å². The van der Waals surface area contributed by atoms with E-state index < -0.39 is 17.6 Å². The first-order chi connectivity index (χ1) is 8.29. The molecule has 0 fully saturated rings. The van der Waals surface area contributed by atoms with Crippen LogP contribution in [0.15, 0.2) is 48.6 Å². The topological polar surface area (TPSA) is 29.1 Å². The Morgan fingerprint density at radius 3 is 2.22 bits per heavy atom. The minimum Gasteiger partial charge on any atom is -0.323 e. The lowest BCUT2D eigenvalue weighted by Gasteiger charge is -2.07. The first-order valence-electron chi connectivity index (χ1n) is 5.11. The Balaban J connectivity index is 2.70. The van der Waals surface area contributed by atoms with Gasteiger partial charge in [-0.25, -0.2) is 0 Å². The van der Waals surface area contributed by atoms with Crippen LogP contribution in [0.25, 0.3) is 0 Å². The van der Waals surface area contributed by atoms with Gasteiger partial charge in [0.2, 0.25) is 5.91 Å². The predicted octanol–water partition coefficient (Wildman–Crippen LogP) is 3.78. The maximum Gasteiger partial charge on any atom is 0.416 e. The van der Waals surface area contributed by atoms with Crippen molar-refractivity contribution in [2.75, 3.05) is 5.32 Å². The van der Waals surface area contributed by atoms with Crippen LogP contribution in [-0.2, 0) is 11.0 Å². The maximum atomic E-state index is 12.3. The molecule has 0 saturated carbocycles. The summed E-state index contributed by atoms with van der Waals surface area (Å²) < 4.78 is 36.9. The van der Waals surface area contributed by atoms with Crippen molar-refractivity contribution in [3.63, 3.8) is 0 Å². The Bertz CT molecular complexity index is 472. The van der Waals surface area contributed by atoms with Gasteiger partial charge >= 0.3 is 6.18 Å². The second-order valence-corrected chi connectivity index (χ2v) is 3.74. The molecule has 0 aliphatic heterocycles. The van der Waals surface area contributed by atoms with Gasteiger partial charge in [0.05, 0.1) is 5.56 Å². The summed E-state index contributed by atoms with van der Waals surface area (Å²) in [4.78, 5) is 11.3. The molecule has 1 aromatic rings. The van der Waals surface area contributed by atoms with E-state index >= 15 is 0 Å². The Morgan fingerprint density at radius 2 is 1.78 bits per heavy atom. The number of carbonyl (C=O) groups is 1. The van der Waals surface area contributed by atoms with E-state index in [1.165, 1.54) is 24.3 Å². The number of hydrogen-bond acceptors (Lipinski definition) is 1. The highest BCUT2D eigenvalue weighted by atomic mass is 19.4. The van der Waals surface area contributed by atoms with Crippen molar-refractivity contribution < 1.29 is 18.0 Å². The third-order valence-electron chi connectivity index (χ3n) is 2.00. The molecule has 1 rings (SSSR count). The molecule has 1 aromatic carbocycles. The average molecular weight is 255 g/mol. The summed E-state index contributed by atoms with van der Waals surface area (Å²) in [5.41, 5.74) is 0.259. The molecule has 0 bridgehead atoms. The van der Waals surface area contributed by atoms with Crippen LogP contribution >= 0.6 is 0 Å². The number of halogens is 3.